The van der Waals surface area contributed by atoms with Crippen LogP contribution in [0.1, 0.15) is 148 Å². The number of hydrogen-bond donors (Lipinski definition) is 0. The number of nitro groups is 1. The first-order valence-corrected chi connectivity index (χ1v) is 14.6. The molecule has 0 atom stereocenters. The van der Waals surface area contributed by atoms with Crippen molar-refractivity contribution in [1.82, 2.24) is 0 Å². The van der Waals surface area contributed by atoms with Crippen molar-refractivity contribution in [2.75, 3.05) is 0 Å². The van der Waals surface area contributed by atoms with Gasteiger partial charge in [-0.1, -0.05) is 135 Å². The molecule has 0 saturated heterocycles. The minimum Gasteiger partial charge on any atom is -0.427 e. The summed E-state index contributed by atoms with van der Waals surface area (Å²) < 4.78 is 5.23. The summed E-state index contributed by atoms with van der Waals surface area (Å²) in [4.78, 5) is 22.1. The lowest BCUT2D eigenvalue weighted by Gasteiger charge is -2.05. The second-order valence-corrected chi connectivity index (χ2v) is 10.0. The number of rotatable bonds is 24. The lowest BCUT2D eigenvalue weighted by Crippen LogP contribution is -2.07. The number of nitro benzene ring substituents is 1. The molecule has 0 unspecified atom stereocenters. The van der Waals surface area contributed by atoms with Crippen LogP contribution in [0, 0.1) is 10.1 Å². The first-order chi connectivity index (χ1) is 17.1. The van der Waals surface area contributed by atoms with E-state index in [4.69, 9.17) is 4.74 Å². The van der Waals surface area contributed by atoms with Crippen LogP contribution in [0.2, 0.25) is 0 Å². The number of benzene rings is 1. The van der Waals surface area contributed by atoms with Crippen LogP contribution in [0.3, 0.4) is 0 Å². The van der Waals surface area contributed by atoms with E-state index in [1.807, 2.05) is 0 Å². The number of unbranched alkanes of at least 4 members (excludes halogenated alkanes) is 20. The fourth-order valence-corrected chi connectivity index (χ4v) is 4.52. The van der Waals surface area contributed by atoms with Crippen molar-refractivity contribution in [3.8, 4) is 5.75 Å². The number of carbonyl (C=O) groups is 1. The van der Waals surface area contributed by atoms with E-state index in [-0.39, 0.29) is 11.7 Å². The van der Waals surface area contributed by atoms with Crippen LogP contribution in [-0.2, 0) is 4.79 Å². The smallest absolute Gasteiger partial charge is 0.311 e. The maximum absolute atomic E-state index is 11.9. The summed E-state index contributed by atoms with van der Waals surface area (Å²) >= 11 is 0. The molecule has 0 saturated carbocycles. The monoisotopic (exact) mass is 489 g/mol. The fraction of sp³-hybridized carbons (Fsp3) is 0.767. The van der Waals surface area contributed by atoms with Gasteiger partial charge >= 0.3 is 5.97 Å². The number of non-ortho nitro benzene ring substituents is 1. The quantitative estimate of drug-likeness (QED) is 0.0476. The Balaban J connectivity index is 1.78. The second-order valence-electron chi connectivity index (χ2n) is 10.0. The van der Waals surface area contributed by atoms with E-state index in [0.29, 0.717) is 12.2 Å². The molecule has 0 heterocycles. The van der Waals surface area contributed by atoms with Crippen molar-refractivity contribution < 1.29 is 14.5 Å². The van der Waals surface area contributed by atoms with Crippen LogP contribution in [0.5, 0.6) is 5.75 Å². The number of hydrogen-bond acceptors (Lipinski definition) is 4. The number of nitrogens with zero attached hydrogens (tertiary/aromatic N) is 1. The van der Waals surface area contributed by atoms with Gasteiger partial charge in [0.05, 0.1) is 4.92 Å². The van der Waals surface area contributed by atoms with E-state index >= 15 is 0 Å². The highest BCUT2D eigenvalue weighted by molar-refractivity contribution is 5.72. The van der Waals surface area contributed by atoms with Crippen LogP contribution in [-0.4, -0.2) is 10.9 Å². The molecule has 0 aromatic heterocycles. The van der Waals surface area contributed by atoms with Gasteiger partial charge in [-0.3, -0.25) is 14.9 Å². The van der Waals surface area contributed by atoms with Gasteiger partial charge in [0.25, 0.3) is 5.69 Å². The molecule has 5 heteroatoms. The summed E-state index contributed by atoms with van der Waals surface area (Å²) in [5, 5.41) is 10.6. The molecule has 1 rings (SSSR count). The molecule has 1 aromatic carbocycles. The van der Waals surface area contributed by atoms with Crippen LogP contribution in [0.25, 0.3) is 0 Å². The first kappa shape index (κ1) is 31.1. The summed E-state index contributed by atoms with van der Waals surface area (Å²) in [5.74, 6) is 0.0979. The van der Waals surface area contributed by atoms with E-state index in [1.54, 1.807) is 0 Å². The van der Waals surface area contributed by atoms with Gasteiger partial charge in [-0.15, -0.1) is 0 Å². The van der Waals surface area contributed by atoms with Crippen molar-refractivity contribution in [3.05, 3.63) is 34.4 Å². The average molecular weight is 490 g/mol. The molecular formula is C30H51NO4. The van der Waals surface area contributed by atoms with Crippen molar-refractivity contribution in [2.45, 2.75) is 148 Å². The van der Waals surface area contributed by atoms with Crippen LogP contribution >= 0.6 is 0 Å². The van der Waals surface area contributed by atoms with Gasteiger partial charge in [0, 0.05) is 18.6 Å². The Labute approximate surface area is 214 Å². The Hall–Kier alpha value is -1.91. The van der Waals surface area contributed by atoms with Gasteiger partial charge in [0.15, 0.2) is 0 Å². The molecule has 0 radical (unpaired) electrons. The van der Waals surface area contributed by atoms with Gasteiger partial charge < -0.3 is 4.74 Å². The maximum atomic E-state index is 11.9. The minimum absolute atomic E-state index is 0.00542. The maximum Gasteiger partial charge on any atom is 0.311 e. The zero-order valence-corrected chi connectivity index (χ0v) is 22.4. The molecule has 200 valence electrons. The van der Waals surface area contributed by atoms with Crippen LogP contribution < -0.4 is 4.74 Å². The summed E-state index contributed by atoms with van der Waals surface area (Å²) in [7, 11) is 0. The molecule has 35 heavy (non-hydrogen) atoms. The molecule has 1 aromatic rings. The van der Waals surface area contributed by atoms with Crippen molar-refractivity contribution in [3.63, 3.8) is 0 Å². The summed E-state index contributed by atoms with van der Waals surface area (Å²) in [6.07, 6.45) is 28.6. The van der Waals surface area contributed by atoms with Gasteiger partial charge in [-0.05, 0) is 18.6 Å². The Morgan fingerprint density at radius 1 is 0.629 bits per heavy atom. The van der Waals surface area contributed by atoms with Crippen LogP contribution in [0.15, 0.2) is 24.3 Å². The Bertz CT molecular complexity index is 644. The molecule has 0 amide bonds. The minimum atomic E-state index is -0.467. The van der Waals surface area contributed by atoms with Crippen LogP contribution in [0.4, 0.5) is 5.69 Å². The third kappa shape index (κ3) is 19.0. The molecular weight excluding hydrogens is 438 g/mol. The normalized spacial score (nSPS) is 11.0. The first-order valence-electron chi connectivity index (χ1n) is 14.6. The summed E-state index contributed by atoms with van der Waals surface area (Å²) in [6.45, 7) is 2.28. The molecule has 0 N–H and O–H groups in total. The SMILES string of the molecule is CCCCCCCCCCCCCCCCCCCCCCCC(=O)Oc1ccc([N+](=O)[O-])cc1. The number of carbonyl (C=O) groups excluding carboxylic acids is 1. The van der Waals surface area contributed by atoms with E-state index in [2.05, 4.69) is 6.92 Å². The standard InChI is InChI=1S/C30H51NO4/c1-2-3-4-5-6-7-8-9-10-11-12-13-14-15-16-17-18-19-20-21-22-23-30(32)35-29-26-24-28(25-27-29)31(33)34/h24-27H,2-23H2,1H3. The topological polar surface area (TPSA) is 69.4 Å². The highest BCUT2D eigenvalue weighted by atomic mass is 16.6. The Kier molecular flexibility index (Phi) is 20.0. The van der Waals surface area contributed by atoms with E-state index < -0.39 is 4.92 Å². The lowest BCUT2D eigenvalue weighted by atomic mass is 10.0. The molecule has 0 aliphatic heterocycles. The molecule has 0 spiro atoms. The van der Waals surface area contributed by atoms with Crippen molar-refractivity contribution in [2.24, 2.45) is 0 Å². The predicted octanol–water partition coefficient (Wildman–Crippen LogP) is 10.1. The molecule has 0 fully saturated rings. The van der Waals surface area contributed by atoms with Crippen molar-refractivity contribution in [1.29, 1.82) is 0 Å². The zero-order chi connectivity index (χ0) is 25.4. The number of ether oxygens (including phenoxy) is 1. The average Bonchev–Trinajstić information content (AvgIpc) is 2.85. The summed E-state index contributed by atoms with van der Waals surface area (Å²) in [6, 6.07) is 5.63. The van der Waals surface area contributed by atoms with Crippen molar-refractivity contribution >= 4 is 11.7 Å². The Morgan fingerprint density at radius 2 is 0.971 bits per heavy atom. The van der Waals surface area contributed by atoms with Gasteiger partial charge in [0.2, 0.25) is 0 Å². The zero-order valence-electron chi connectivity index (χ0n) is 22.4. The Morgan fingerprint density at radius 3 is 1.31 bits per heavy atom. The van der Waals surface area contributed by atoms with E-state index in [9.17, 15) is 14.9 Å². The third-order valence-corrected chi connectivity index (χ3v) is 6.76. The van der Waals surface area contributed by atoms with E-state index in [0.717, 1.165) is 12.8 Å². The van der Waals surface area contributed by atoms with E-state index in [1.165, 1.54) is 146 Å². The van der Waals surface area contributed by atoms with Gasteiger partial charge in [0.1, 0.15) is 5.75 Å². The fourth-order valence-electron chi connectivity index (χ4n) is 4.52. The molecule has 5 nitrogen and oxygen atoms in total. The second kappa shape index (κ2) is 22.5. The lowest BCUT2D eigenvalue weighted by molar-refractivity contribution is -0.384. The third-order valence-electron chi connectivity index (χ3n) is 6.76. The highest BCUT2D eigenvalue weighted by Crippen LogP contribution is 2.19. The van der Waals surface area contributed by atoms with Gasteiger partial charge in [-0.2, -0.15) is 0 Å². The number of esters is 1. The highest BCUT2D eigenvalue weighted by Gasteiger charge is 2.08. The summed E-state index contributed by atoms with van der Waals surface area (Å²) in [5.41, 5.74) is -0.00542. The van der Waals surface area contributed by atoms with Gasteiger partial charge in [-0.25, -0.2) is 0 Å². The molecule has 0 bridgehead atoms. The largest absolute Gasteiger partial charge is 0.427 e. The molecule has 0 aliphatic rings. The predicted molar refractivity (Wildman–Crippen MR) is 146 cm³/mol. The molecule has 0 aliphatic carbocycles.